The first-order valence-electron chi connectivity index (χ1n) is 9.88. The Bertz CT molecular complexity index is 1030. The molecule has 1 aliphatic carbocycles. The van der Waals surface area contributed by atoms with Gasteiger partial charge in [0.2, 0.25) is 0 Å². The molecule has 0 saturated carbocycles. The fraction of sp³-hybridized carbons (Fsp3) is 0.450. The topological polar surface area (TPSA) is 67.8 Å². The molecule has 0 unspecified atom stereocenters. The van der Waals surface area contributed by atoms with Crippen LogP contribution >= 0.6 is 11.3 Å². The minimum atomic E-state index is -4.45. The highest BCUT2D eigenvalue weighted by atomic mass is 32.1. The average molecular weight is 452 g/mol. The molecule has 2 saturated heterocycles. The second kappa shape index (κ2) is 7.79. The lowest BCUT2D eigenvalue weighted by atomic mass is 10.1. The second-order valence-electron chi connectivity index (χ2n) is 7.59. The van der Waals surface area contributed by atoms with Crippen molar-refractivity contribution in [2.45, 2.75) is 18.7 Å². The molecule has 2 aliphatic heterocycles. The largest absolute Gasteiger partial charge is 0.441 e. The number of hydrogen-bond acceptors (Lipinski definition) is 7. The number of fused-ring (bicyclic) bond motifs is 1. The van der Waals surface area contributed by atoms with E-state index in [0.29, 0.717) is 50.8 Å². The smallest absolute Gasteiger partial charge is 0.434 e. The van der Waals surface area contributed by atoms with Crippen molar-refractivity contribution in [2.24, 2.45) is 0 Å². The zero-order valence-electron chi connectivity index (χ0n) is 16.4. The lowest BCUT2D eigenvalue weighted by Crippen LogP contribution is -2.51. The third-order valence-corrected chi connectivity index (χ3v) is 6.47. The number of alkyl halides is 3. The number of nitrogens with zero attached hydrogens (tertiary/aromatic N) is 4. The molecule has 2 aromatic rings. The number of amides is 1. The van der Waals surface area contributed by atoms with Crippen molar-refractivity contribution in [1.82, 2.24) is 14.9 Å². The standard InChI is InChI=1S/C20H19F3N4O3S/c21-20(22,23)17-11-31-18(25-17)12-7-14-15(8-12)24-2-1-16(14)26-3-5-27(6-4-26)19(28)30-13-9-29-10-13/h1-2,7,11,13H,3-6,8-10H2. The predicted molar refractivity (Wildman–Crippen MR) is 108 cm³/mol. The first-order valence-corrected chi connectivity index (χ1v) is 10.8. The third-order valence-electron chi connectivity index (χ3n) is 5.55. The monoisotopic (exact) mass is 452 g/mol. The number of halogens is 3. The molecule has 0 bridgehead atoms. The fourth-order valence-corrected chi connectivity index (χ4v) is 4.65. The van der Waals surface area contributed by atoms with Crippen LogP contribution in [0.15, 0.2) is 17.6 Å². The number of carbonyl (C=O) groups excluding carboxylic acids is 1. The van der Waals surface area contributed by atoms with Crippen LogP contribution < -0.4 is 4.90 Å². The average Bonchev–Trinajstić information content (AvgIpc) is 3.37. The van der Waals surface area contributed by atoms with E-state index in [2.05, 4.69) is 14.9 Å². The highest BCUT2D eigenvalue weighted by Gasteiger charge is 2.35. The van der Waals surface area contributed by atoms with Gasteiger partial charge in [0.05, 0.1) is 18.9 Å². The van der Waals surface area contributed by atoms with Crippen molar-refractivity contribution in [1.29, 1.82) is 0 Å². The lowest BCUT2D eigenvalue weighted by molar-refractivity contribution is -0.140. The van der Waals surface area contributed by atoms with Gasteiger partial charge in [0.1, 0.15) is 5.01 Å². The molecule has 0 radical (unpaired) electrons. The van der Waals surface area contributed by atoms with E-state index in [-0.39, 0.29) is 12.2 Å². The molecule has 2 fully saturated rings. The van der Waals surface area contributed by atoms with E-state index in [1.807, 2.05) is 12.1 Å². The Labute approximate surface area is 180 Å². The molecule has 5 rings (SSSR count). The van der Waals surface area contributed by atoms with Crippen LogP contribution in [-0.4, -0.2) is 66.5 Å². The molecule has 31 heavy (non-hydrogen) atoms. The van der Waals surface area contributed by atoms with E-state index in [4.69, 9.17) is 9.47 Å². The summed E-state index contributed by atoms with van der Waals surface area (Å²) in [6.45, 7) is 3.22. The zero-order chi connectivity index (χ0) is 21.6. The summed E-state index contributed by atoms with van der Waals surface area (Å²) >= 11 is 0.993. The van der Waals surface area contributed by atoms with Crippen molar-refractivity contribution in [3.63, 3.8) is 0 Å². The van der Waals surface area contributed by atoms with Gasteiger partial charge in [-0.15, -0.1) is 11.3 Å². The molecule has 0 N–H and O–H groups in total. The Morgan fingerprint density at radius 2 is 2.00 bits per heavy atom. The number of allylic oxidation sites excluding steroid dienone is 1. The Balaban J connectivity index is 1.29. The molecule has 0 aromatic carbocycles. The van der Waals surface area contributed by atoms with E-state index in [1.165, 1.54) is 0 Å². The van der Waals surface area contributed by atoms with Crippen LogP contribution in [0.3, 0.4) is 0 Å². The highest BCUT2D eigenvalue weighted by molar-refractivity contribution is 7.10. The van der Waals surface area contributed by atoms with Crippen LogP contribution in [0.4, 0.5) is 23.7 Å². The maximum Gasteiger partial charge on any atom is 0.434 e. The molecule has 1 amide bonds. The number of anilines is 1. The Hall–Kier alpha value is -2.66. The van der Waals surface area contributed by atoms with Crippen molar-refractivity contribution >= 4 is 34.8 Å². The number of aromatic nitrogens is 2. The van der Waals surface area contributed by atoms with Gasteiger partial charge in [0.25, 0.3) is 0 Å². The highest BCUT2D eigenvalue weighted by Crippen LogP contribution is 2.39. The van der Waals surface area contributed by atoms with E-state index in [0.717, 1.165) is 39.2 Å². The van der Waals surface area contributed by atoms with Crippen LogP contribution in [0.25, 0.3) is 11.6 Å². The van der Waals surface area contributed by atoms with Crippen LogP contribution in [-0.2, 0) is 22.1 Å². The Kier molecular flexibility index (Phi) is 5.09. The van der Waals surface area contributed by atoms with E-state index >= 15 is 0 Å². The van der Waals surface area contributed by atoms with Gasteiger partial charge in [0, 0.05) is 55.4 Å². The van der Waals surface area contributed by atoms with E-state index < -0.39 is 11.9 Å². The van der Waals surface area contributed by atoms with Crippen molar-refractivity contribution in [3.8, 4) is 0 Å². The summed E-state index contributed by atoms with van der Waals surface area (Å²) < 4.78 is 49.1. The maximum absolute atomic E-state index is 12.9. The molecule has 2 aromatic heterocycles. The fourth-order valence-electron chi connectivity index (χ4n) is 3.80. The van der Waals surface area contributed by atoms with E-state index in [1.54, 1.807) is 11.1 Å². The van der Waals surface area contributed by atoms with Gasteiger partial charge < -0.3 is 19.3 Å². The van der Waals surface area contributed by atoms with Gasteiger partial charge >= 0.3 is 12.3 Å². The van der Waals surface area contributed by atoms with Gasteiger partial charge in [-0.05, 0) is 17.7 Å². The number of ether oxygens (including phenoxy) is 2. The predicted octanol–water partition coefficient (Wildman–Crippen LogP) is 3.31. The Morgan fingerprint density at radius 1 is 1.23 bits per heavy atom. The minimum absolute atomic E-state index is 0.152. The summed E-state index contributed by atoms with van der Waals surface area (Å²) in [6.07, 6.45) is -0.875. The molecule has 3 aliphatic rings. The van der Waals surface area contributed by atoms with Crippen LogP contribution in [0, 0.1) is 0 Å². The second-order valence-corrected chi connectivity index (χ2v) is 8.45. The summed E-state index contributed by atoms with van der Waals surface area (Å²) in [6, 6.07) is 1.90. The van der Waals surface area contributed by atoms with Crippen molar-refractivity contribution in [2.75, 3.05) is 44.3 Å². The zero-order valence-corrected chi connectivity index (χ0v) is 17.2. The molecule has 11 heteroatoms. The van der Waals surface area contributed by atoms with Crippen LogP contribution in [0.2, 0.25) is 0 Å². The molecular formula is C20H19F3N4O3S. The quantitative estimate of drug-likeness (QED) is 0.712. The first-order chi connectivity index (χ1) is 14.9. The number of piperazine rings is 1. The number of thiazole rings is 1. The van der Waals surface area contributed by atoms with Crippen molar-refractivity contribution < 1.29 is 27.4 Å². The summed E-state index contributed by atoms with van der Waals surface area (Å²) in [5.74, 6) is 0. The van der Waals surface area contributed by atoms with Gasteiger partial charge in [-0.2, -0.15) is 13.2 Å². The Morgan fingerprint density at radius 3 is 2.65 bits per heavy atom. The van der Waals surface area contributed by atoms with Gasteiger partial charge in [-0.3, -0.25) is 4.98 Å². The van der Waals surface area contributed by atoms with Crippen LogP contribution in [0.5, 0.6) is 0 Å². The molecule has 0 spiro atoms. The lowest BCUT2D eigenvalue weighted by Gasteiger charge is -2.37. The summed E-state index contributed by atoms with van der Waals surface area (Å²) in [5, 5.41) is 1.41. The maximum atomic E-state index is 12.9. The van der Waals surface area contributed by atoms with Gasteiger partial charge in [-0.25, -0.2) is 9.78 Å². The summed E-state index contributed by atoms with van der Waals surface area (Å²) in [5.41, 5.74) is 2.56. The number of rotatable bonds is 3. The SMILES string of the molecule is O=C(OC1COC1)N1CCN(c2ccnc3c2C=C(c2nc(C(F)(F)F)cs2)C3)CC1. The molecular weight excluding hydrogens is 433 g/mol. The normalized spacial score (nSPS) is 19.1. The van der Waals surface area contributed by atoms with Crippen molar-refractivity contribution in [3.05, 3.63) is 39.6 Å². The molecule has 164 valence electrons. The van der Waals surface area contributed by atoms with Crippen LogP contribution in [0.1, 0.15) is 22.0 Å². The third kappa shape index (κ3) is 3.99. The molecule has 7 nitrogen and oxygen atoms in total. The summed E-state index contributed by atoms with van der Waals surface area (Å²) in [7, 11) is 0. The van der Waals surface area contributed by atoms with Gasteiger partial charge in [0.15, 0.2) is 11.8 Å². The summed E-state index contributed by atoms with van der Waals surface area (Å²) in [4.78, 5) is 24.3. The van der Waals surface area contributed by atoms with E-state index in [9.17, 15) is 18.0 Å². The van der Waals surface area contributed by atoms with Gasteiger partial charge in [-0.1, -0.05) is 0 Å². The first kappa shape index (κ1) is 20.3. The molecule has 4 heterocycles. The number of pyridine rings is 1. The number of carbonyl (C=O) groups is 1. The number of hydrogen-bond donors (Lipinski definition) is 0. The molecule has 0 atom stereocenters. The minimum Gasteiger partial charge on any atom is -0.441 e.